The quantitative estimate of drug-likeness (QED) is 0.455. The number of hydrogen-bond acceptors (Lipinski definition) is 3. The fraction of sp³-hybridized carbons (Fsp3) is 0.0714. The van der Waals surface area contributed by atoms with Crippen LogP contribution in [0, 0.1) is 45.6 Å². The summed E-state index contributed by atoms with van der Waals surface area (Å²) in [4.78, 5) is 11.3. The third-order valence-electron chi connectivity index (χ3n) is 2.31. The number of carbonyl (C=O) groups excluding carboxylic acids is 1. The van der Waals surface area contributed by atoms with Crippen molar-refractivity contribution in [2.75, 3.05) is 7.11 Å². The zero-order valence-electron chi connectivity index (χ0n) is 10.0. The fourth-order valence-electron chi connectivity index (χ4n) is 1.53. The van der Waals surface area contributed by atoms with Crippen molar-refractivity contribution in [3.05, 3.63) is 54.1 Å². The van der Waals surface area contributed by atoms with Crippen LogP contribution in [0.15, 0.2) is 30.0 Å². The third-order valence-corrected chi connectivity index (χ3v) is 2.31. The predicted octanol–water partition coefficient (Wildman–Crippen LogP) is 2.82. The van der Waals surface area contributed by atoms with Crippen LogP contribution in [-0.4, -0.2) is 18.2 Å². The van der Waals surface area contributed by atoms with Crippen LogP contribution in [0.2, 0.25) is 0 Å². The zero-order valence-corrected chi connectivity index (χ0v) is 12.1. The number of ether oxygens (including phenoxy) is 1. The number of allylic oxidation sites excluding steroid dienone is 2. The molecule has 0 heterocycles. The van der Waals surface area contributed by atoms with Gasteiger partial charge in [-0.05, 0) is 29.8 Å². The van der Waals surface area contributed by atoms with Crippen LogP contribution < -0.4 is 0 Å². The Hall–Kier alpha value is -0.977. The van der Waals surface area contributed by atoms with Gasteiger partial charge in [0.05, 0.1) is 12.7 Å². The number of rotatable bonds is 1. The molecule has 0 unspecified atom stereocenters. The van der Waals surface area contributed by atoms with Gasteiger partial charge in [0.1, 0.15) is 5.75 Å². The number of carbonyl (C=O) groups is 1. The molecule has 4 heteroatoms. The Morgan fingerprint density at radius 2 is 2.11 bits per heavy atom. The second kappa shape index (κ2) is 7.46. The van der Waals surface area contributed by atoms with Crippen LogP contribution in [0.25, 0.3) is 12.2 Å². The molecule has 0 aromatic heterocycles. The van der Waals surface area contributed by atoms with Gasteiger partial charge in [0, 0.05) is 43.7 Å². The zero-order chi connectivity index (χ0) is 11.5. The van der Waals surface area contributed by atoms with Crippen molar-refractivity contribution >= 4 is 18.1 Å². The van der Waals surface area contributed by atoms with E-state index in [1.54, 1.807) is 30.4 Å². The summed E-state index contributed by atoms with van der Waals surface area (Å²) in [6.45, 7) is 0. The number of fused-ring (bicyclic) bond motifs is 1. The number of phenolic OH excluding ortho intramolecular Hbond substituents is 1. The van der Waals surface area contributed by atoms with Gasteiger partial charge in [-0.2, -0.15) is 0 Å². The number of aromatic hydroxyl groups is 1. The first-order chi connectivity index (χ1) is 7.72. The molecule has 0 saturated heterocycles. The van der Waals surface area contributed by atoms with Crippen molar-refractivity contribution in [1.29, 1.82) is 0 Å². The largest absolute Gasteiger partial charge is 0.507 e. The van der Waals surface area contributed by atoms with E-state index in [9.17, 15) is 9.90 Å². The van der Waals surface area contributed by atoms with Crippen LogP contribution in [0.5, 0.6) is 5.75 Å². The summed E-state index contributed by atoms with van der Waals surface area (Å²) >= 11 is 0. The summed E-state index contributed by atoms with van der Waals surface area (Å²) in [6.07, 6.45) is 7.00. The van der Waals surface area contributed by atoms with Crippen LogP contribution >= 0.6 is 0 Å². The van der Waals surface area contributed by atoms with Gasteiger partial charge in [0.2, 0.25) is 0 Å². The molecular weight excluding hydrogens is 379 g/mol. The topological polar surface area (TPSA) is 46.5 Å². The molecule has 0 fully saturated rings. The van der Waals surface area contributed by atoms with E-state index in [1.807, 2.05) is 0 Å². The maximum Gasteiger partial charge on any atom is 0.338 e. The van der Waals surface area contributed by atoms with Gasteiger partial charge in [-0.15, -0.1) is 5.73 Å². The van der Waals surface area contributed by atoms with Crippen LogP contribution in [0.1, 0.15) is 21.5 Å². The van der Waals surface area contributed by atoms with Gasteiger partial charge in [0.25, 0.3) is 0 Å². The van der Waals surface area contributed by atoms with Gasteiger partial charge < -0.3 is 17.3 Å². The van der Waals surface area contributed by atoms with Gasteiger partial charge in [-0.1, -0.05) is 12.2 Å². The summed E-state index contributed by atoms with van der Waals surface area (Å²) in [7, 11) is 1.31. The Labute approximate surface area is 137 Å². The SMILES string of the molecule is COC(=O)c1cc(O)c2c(c1)C=CC=C=C2.[CH3-].[Dy]. The number of phenols is 1. The Kier molecular flexibility index (Phi) is 7.05. The summed E-state index contributed by atoms with van der Waals surface area (Å²) in [5.74, 6) is -0.418. The molecule has 1 aliphatic rings. The molecule has 1 aromatic carbocycles. The minimum Gasteiger partial charge on any atom is -0.507 e. The molecule has 0 bridgehead atoms. The molecule has 1 aliphatic carbocycles. The Morgan fingerprint density at radius 1 is 1.39 bits per heavy atom. The van der Waals surface area contributed by atoms with Crippen molar-refractivity contribution in [2.45, 2.75) is 0 Å². The van der Waals surface area contributed by atoms with Gasteiger partial charge in [0.15, 0.2) is 0 Å². The first-order valence-electron chi connectivity index (χ1n) is 4.77. The van der Waals surface area contributed by atoms with Crippen molar-refractivity contribution < 1.29 is 52.8 Å². The van der Waals surface area contributed by atoms with E-state index in [4.69, 9.17) is 0 Å². The summed E-state index contributed by atoms with van der Waals surface area (Å²) < 4.78 is 4.61. The maximum absolute atomic E-state index is 11.3. The summed E-state index contributed by atoms with van der Waals surface area (Å²) in [5.41, 5.74) is 4.64. The van der Waals surface area contributed by atoms with E-state index in [0.717, 1.165) is 5.56 Å². The Morgan fingerprint density at radius 3 is 2.78 bits per heavy atom. The summed E-state index contributed by atoms with van der Waals surface area (Å²) in [5, 5.41) is 9.78. The smallest absolute Gasteiger partial charge is 0.338 e. The van der Waals surface area contributed by atoms with E-state index >= 15 is 0 Å². The standard InChI is InChI=1S/C13H10O3.CH3.Dy/c1-16-13(15)10-7-9-5-3-2-4-6-11(9)12(14)8-10;;/h2-3,5-8,14H,1H3;1H3;/q;-1;. The molecule has 0 radical (unpaired) electrons. The molecule has 0 saturated carbocycles. The van der Waals surface area contributed by atoms with E-state index in [2.05, 4.69) is 10.5 Å². The molecule has 18 heavy (non-hydrogen) atoms. The average Bonchev–Trinajstić information content (AvgIpc) is 2.53. The van der Waals surface area contributed by atoms with Crippen LogP contribution in [-0.2, 0) is 4.74 Å². The van der Waals surface area contributed by atoms with Crippen molar-refractivity contribution in [3.63, 3.8) is 0 Å². The monoisotopic (exact) mass is 393 g/mol. The second-order valence-electron chi connectivity index (χ2n) is 3.33. The van der Waals surface area contributed by atoms with Gasteiger partial charge >= 0.3 is 5.97 Å². The van der Waals surface area contributed by atoms with E-state index in [0.29, 0.717) is 11.1 Å². The minimum absolute atomic E-state index is 0. The Bertz CT molecular complexity index is 538. The number of esters is 1. The third kappa shape index (κ3) is 3.51. The van der Waals surface area contributed by atoms with E-state index in [1.165, 1.54) is 13.2 Å². The first-order valence-corrected chi connectivity index (χ1v) is 4.77. The molecule has 1 N–H and O–H groups in total. The number of methoxy groups -OCH3 is 1. The molecular formula is C14H13DyO3-. The number of hydrogen-bond donors (Lipinski definition) is 1. The van der Waals surface area contributed by atoms with Crippen molar-refractivity contribution in [1.82, 2.24) is 0 Å². The molecule has 1 aromatic rings. The predicted molar refractivity (Wildman–Crippen MR) is 67.4 cm³/mol. The maximum atomic E-state index is 11.3. The normalized spacial score (nSPS) is 10.7. The molecule has 0 amide bonds. The molecule has 0 aliphatic heterocycles. The molecule has 3 nitrogen and oxygen atoms in total. The van der Waals surface area contributed by atoms with Crippen LogP contribution in [0.4, 0.5) is 0 Å². The average molecular weight is 392 g/mol. The summed E-state index contributed by atoms with van der Waals surface area (Å²) in [6, 6.07) is 3.07. The molecule has 98 valence electrons. The first kappa shape index (κ1) is 17.0. The van der Waals surface area contributed by atoms with Crippen LogP contribution in [0.3, 0.4) is 0 Å². The van der Waals surface area contributed by atoms with Gasteiger partial charge in [-0.3, -0.25) is 0 Å². The van der Waals surface area contributed by atoms with E-state index in [-0.39, 0.29) is 51.3 Å². The van der Waals surface area contributed by atoms with Crippen molar-refractivity contribution in [3.8, 4) is 5.75 Å². The molecule has 0 atom stereocenters. The van der Waals surface area contributed by atoms with Crippen molar-refractivity contribution in [2.24, 2.45) is 0 Å². The molecule has 2 rings (SSSR count). The second-order valence-corrected chi connectivity index (χ2v) is 3.33. The molecule has 0 spiro atoms. The number of benzene rings is 1. The Balaban J connectivity index is 0.00000144. The van der Waals surface area contributed by atoms with E-state index < -0.39 is 5.97 Å². The van der Waals surface area contributed by atoms with Gasteiger partial charge in [-0.25, -0.2) is 4.79 Å². The fourth-order valence-corrected chi connectivity index (χ4v) is 1.53. The minimum atomic E-state index is -0.465.